The molecule has 0 saturated heterocycles. The Labute approximate surface area is 89.7 Å². The van der Waals surface area contributed by atoms with Crippen molar-refractivity contribution in [2.24, 2.45) is 10.9 Å². The molecule has 0 spiro atoms. The maximum Gasteiger partial charge on any atom is 0.156 e. The highest BCUT2D eigenvalue weighted by Gasteiger charge is 2.21. The summed E-state index contributed by atoms with van der Waals surface area (Å²) in [5.74, 6) is 0.869. The van der Waals surface area contributed by atoms with E-state index < -0.39 is 0 Å². The third-order valence-electron chi connectivity index (χ3n) is 2.38. The van der Waals surface area contributed by atoms with Crippen molar-refractivity contribution in [1.82, 2.24) is 5.32 Å². The Kier molecular flexibility index (Phi) is 3.70. The molecule has 1 unspecified atom stereocenters. The minimum atomic E-state index is 0.643. The monoisotopic (exact) mass is 214 g/mol. The Bertz CT molecular complexity index is 216. The van der Waals surface area contributed by atoms with Crippen molar-refractivity contribution in [1.29, 1.82) is 0 Å². The summed E-state index contributed by atoms with van der Waals surface area (Å²) >= 11 is 1.83. The quantitative estimate of drug-likeness (QED) is 0.704. The first-order chi connectivity index (χ1) is 6.84. The van der Waals surface area contributed by atoms with Gasteiger partial charge in [0.15, 0.2) is 5.17 Å². The van der Waals surface area contributed by atoms with E-state index in [4.69, 9.17) is 4.74 Å². The average molecular weight is 214 g/mol. The van der Waals surface area contributed by atoms with Gasteiger partial charge in [0.1, 0.15) is 0 Å². The molecule has 0 amide bonds. The highest BCUT2D eigenvalue weighted by molar-refractivity contribution is 8.14. The van der Waals surface area contributed by atoms with Crippen molar-refractivity contribution in [3.8, 4) is 0 Å². The normalized spacial score (nSPS) is 26.4. The van der Waals surface area contributed by atoms with Gasteiger partial charge in [-0.05, 0) is 18.8 Å². The van der Waals surface area contributed by atoms with Gasteiger partial charge in [-0.15, -0.1) is 0 Å². The van der Waals surface area contributed by atoms with Gasteiger partial charge < -0.3 is 10.1 Å². The summed E-state index contributed by atoms with van der Waals surface area (Å²) in [7, 11) is 0. The Morgan fingerprint density at radius 2 is 2.43 bits per heavy atom. The number of hydrogen-bond acceptors (Lipinski definition) is 4. The van der Waals surface area contributed by atoms with E-state index in [1.807, 2.05) is 11.8 Å². The zero-order valence-electron chi connectivity index (χ0n) is 8.66. The van der Waals surface area contributed by atoms with Crippen LogP contribution in [0.3, 0.4) is 0 Å². The molecule has 80 valence electrons. The van der Waals surface area contributed by atoms with Crippen LogP contribution < -0.4 is 5.32 Å². The number of nitrogens with zero attached hydrogens (tertiary/aromatic N) is 1. The number of rotatable bonds is 5. The third kappa shape index (κ3) is 3.50. The van der Waals surface area contributed by atoms with Crippen LogP contribution in [0.1, 0.15) is 19.8 Å². The molecule has 1 heterocycles. The Hall–Kier alpha value is -0.220. The van der Waals surface area contributed by atoms with Crippen LogP contribution in [0.2, 0.25) is 0 Å². The highest BCUT2D eigenvalue weighted by Crippen LogP contribution is 2.28. The van der Waals surface area contributed by atoms with Crippen LogP contribution in [-0.4, -0.2) is 36.7 Å². The summed E-state index contributed by atoms with van der Waals surface area (Å²) < 4.78 is 5.52. The molecule has 14 heavy (non-hydrogen) atoms. The van der Waals surface area contributed by atoms with Crippen LogP contribution in [0, 0.1) is 5.92 Å². The first-order valence-electron chi connectivity index (χ1n) is 5.37. The Morgan fingerprint density at radius 3 is 3.07 bits per heavy atom. The summed E-state index contributed by atoms with van der Waals surface area (Å²) in [6, 6.07) is 0. The highest BCUT2D eigenvalue weighted by atomic mass is 32.2. The maximum atomic E-state index is 5.52. The van der Waals surface area contributed by atoms with Crippen LogP contribution >= 0.6 is 11.8 Å². The molecule has 0 bridgehead atoms. The number of ether oxygens (including phenoxy) is 1. The van der Waals surface area contributed by atoms with Crippen LogP contribution in [0.15, 0.2) is 4.99 Å². The molecule has 1 aliphatic carbocycles. The van der Waals surface area contributed by atoms with E-state index >= 15 is 0 Å². The van der Waals surface area contributed by atoms with Gasteiger partial charge in [0, 0.05) is 18.4 Å². The molecule has 0 aromatic carbocycles. The second-order valence-corrected chi connectivity index (χ2v) is 5.45. The SMILES string of the molecule is CC1CN=C(NCCOCC2CC2)S1. The molecular weight excluding hydrogens is 196 g/mol. The summed E-state index contributed by atoms with van der Waals surface area (Å²) in [5.41, 5.74) is 0. The minimum absolute atomic E-state index is 0.643. The van der Waals surface area contributed by atoms with E-state index in [9.17, 15) is 0 Å². The van der Waals surface area contributed by atoms with Crippen molar-refractivity contribution in [2.75, 3.05) is 26.3 Å². The molecule has 0 radical (unpaired) electrons. The molecular formula is C10H18N2OS. The largest absolute Gasteiger partial charge is 0.379 e. The molecule has 1 saturated carbocycles. The van der Waals surface area contributed by atoms with Crippen LogP contribution in [0.4, 0.5) is 0 Å². The summed E-state index contributed by atoms with van der Waals surface area (Å²) in [5, 5.41) is 5.03. The lowest BCUT2D eigenvalue weighted by atomic mass is 10.5. The van der Waals surface area contributed by atoms with Crippen LogP contribution in [0.25, 0.3) is 0 Å². The summed E-state index contributed by atoms with van der Waals surface area (Å²) in [4.78, 5) is 4.37. The van der Waals surface area contributed by atoms with Crippen molar-refractivity contribution < 1.29 is 4.74 Å². The Balaban J connectivity index is 1.46. The van der Waals surface area contributed by atoms with Crippen LogP contribution in [-0.2, 0) is 4.74 Å². The fourth-order valence-corrected chi connectivity index (χ4v) is 2.20. The van der Waals surface area contributed by atoms with Crippen molar-refractivity contribution >= 4 is 16.9 Å². The molecule has 4 heteroatoms. The van der Waals surface area contributed by atoms with E-state index in [1.54, 1.807) is 0 Å². The molecule has 0 aromatic rings. The number of hydrogen-bond donors (Lipinski definition) is 1. The smallest absolute Gasteiger partial charge is 0.156 e. The lowest BCUT2D eigenvalue weighted by Gasteiger charge is -2.06. The molecule has 0 aromatic heterocycles. The second kappa shape index (κ2) is 5.03. The van der Waals surface area contributed by atoms with E-state index in [0.29, 0.717) is 5.25 Å². The fourth-order valence-electron chi connectivity index (χ4n) is 1.34. The first-order valence-corrected chi connectivity index (χ1v) is 6.25. The van der Waals surface area contributed by atoms with Gasteiger partial charge in [0.2, 0.25) is 0 Å². The van der Waals surface area contributed by atoms with Gasteiger partial charge in [-0.25, -0.2) is 0 Å². The molecule has 2 aliphatic rings. The van der Waals surface area contributed by atoms with E-state index in [0.717, 1.165) is 37.4 Å². The topological polar surface area (TPSA) is 33.6 Å². The van der Waals surface area contributed by atoms with Gasteiger partial charge >= 0.3 is 0 Å². The fraction of sp³-hybridized carbons (Fsp3) is 0.900. The zero-order chi connectivity index (χ0) is 9.80. The number of thioether (sulfide) groups is 1. The minimum Gasteiger partial charge on any atom is -0.379 e. The van der Waals surface area contributed by atoms with Crippen LogP contribution in [0.5, 0.6) is 0 Å². The average Bonchev–Trinajstić information content (AvgIpc) is 2.89. The zero-order valence-corrected chi connectivity index (χ0v) is 9.48. The van der Waals surface area contributed by atoms with Gasteiger partial charge in [-0.3, -0.25) is 4.99 Å². The van der Waals surface area contributed by atoms with E-state index in [1.165, 1.54) is 12.8 Å². The molecule has 1 aliphatic heterocycles. The first kappa shape index (κ1) is 10.3. The molecule has 1 atom stereocenters. The van der Waals surface area contributed by atoms with Gasteiger partial charge in [-0.2, -0.15) is 0 Å². The van der Waals surface area contributed by atoms with Crippen molar-refractivity contribution in [3.05, 3.63) is 0 Å². The molecule has 1 N–H and O–H groups in total. The molecule has 1 fully saturated rings. The maximum absolute atomic E-state index is 5.52. The second-order valence-electron chi connectivity index (χ2n) is 4.02. The number of nitrogens with one attached hydrogen (secondary N) is 1. The van der Waals surface area contributed by atoms with Gasteiger partial charge in [-0.1, -0.05) is 18.7 Å². The summed E-state index contributed by atoms with van der Waals surface area (Å²) in [6.07, 6.45) is 2.74. The lowest BCUT2D eigenvalue weighted by molar-refractivity contribution is 0.129. The Morgan fingerprint density at radius 1 is 1.57 bits per heavy atom. The number of amidine groups is 1. The number of aliphatic imine (C=N–C) groups is 1. The van der Waals surface area contributed by atoms with Crippen molar-refractivity contribution in [3.63, 3.8) is 0 Å². The standard InChI is InChI=1S/C10H18N2OS/c1-8-6-12-10(14-8)11-4-5-13-7-9-2-3-9/h8-9H,2-7H2,1H3,(H,11,12). The molecule has 2 rings (SSSR count). The van der Waals surface area contributed by atoms with E-state index in [2.05, 4.69) is 17.2 Å². The lowest BCUT2D eigenvalue weighted by Crippen LogP contribution is -2.24. The predicted octanol–water partition coefficient (Wildman–Crippen LogP) is 1.49. The third-order valence-corrected chi connectivity index (χ3v) is 3.43. The molecule has 3 nitrogen and oxygen atoms in total. The predicted molar refractivity (Wildman–Crippen MR) is 60.9 cm³/mol. The van der Waals surface area contributed by atoms with Gasteiger partial charge in [0.25, 0.3) is 0 Å². The van der Waals surface area contributed by atoms with Crippen molar-refractivity contribution in [2.45, 2.75) is 25.0 Å². The van der Waals surface area contributed by atoms with Gasteiger partial charge in [0.05, 0.1) is 13.2 Å². The summed E-state index contributed by atoms with van der Waals surface area (Å²) in [6.45, 7) is 5.82. The van der Waals surface area contributed by atoms with E-state index in [-0.39, 0.29) is 0 Å².